The van der Waals surface area contributed by atoms with Gasteiger partial charge in [-0.25, -0.2) is 0 Å². The zero-order valence-corrected chi connectivity index (χ0v) is 9.57. The van der Waals surface area contributed by atoms with E-state index in [0.29, 0.717) is 0 Å². The van der Waals surface area contributed by atoms with Crippen molar-refractivity contribution in [1.82, 2.24) is 0 Å². The van der Waals surface area contributed by atoms with Gasteiger partial charge in [0.25, 0.3) is 0 Å². The van der Waals surface area contributed by atoms with Gasteiger partial charge >= 0.3 is 10.8 Å². The van der Waals surface area contributed by atoms with Crippen molar-refractivity contribution in [1.29, 1.82) is 0 Å². The predicted octanol–water partition coefficient (Wildman–Crippen LogP) is 2.58. The molecule has 0 aliphatic carbocycles. The molecule has 0 bridgehead atoms. The van der Waals surface area contributed by atoms with E-state index in [4.69, 9.17) is 3.79 Å². The van der Waals surface area contributed by atoms with Gasteiger partial charge in [0.05, 0.1) is 0 Å². The second-order valence-corrected chi connectivity index (χ2v) is 11.9. The van der Waals surface area contributed by atoms with Gasteiger partial charge in [0, 0.05) is 5.60 Å². The Morgan fingerprint density at radius 1 is 1.25 bits per heavy atom. The third-order valence-electron chi connectivity index (χ3n) is 0.443. The summed E-state index contributed by atoms with van der Waals surface area (Å²) in [6, 6.07) is 0. The highest BCUT2D eigenvalue weighted by molar-refractivity contribution is 9.48. The van der Waals surface area contributed by atoms with Gasteiger partial charge in [0.2, 0.25) is 0 Å². The lowest BCUT2D eigenvalue weighted by molar-refractivity contribution is 0.143. The molecule has 8 heavy (non-hydrogen) atoms. The maximum atomic E-state index is 5.41. The van der Waals surface area contributed by atoms with Gasteiger partial charge in [-0.2, -0.15) is 28.1 Å². The largest absolute Gasteiger partial charge is 0.653 e. The molecule has 0 spiro atoms. The molecule has 0 amide bonds. The minimum Gasteiger partial charge on any atom is -0.480 e. The standard InChI is InChI=1S/C4H9O.Al.2BrH/c1-4(2,3)5;;;/h1-3H3;;2*1H/q-1;+3;;/p-2. The first kappa shape index (κ1) is 9.45. The molecule has 0 aromatic heterocycles. The van der Waals surface area contributed by atoms with Crippen LogP contribution in [-0.2, 0) is 3.79 Å². The molecule has 0 saturated carbocycles. The molecule has 0 rings (SSSR count). The second kappa shape index (κ2) is 3.58. The molecule has 1 nitrogen and oxygen atoms in total. The first-order valence-corrected chi connectivity index (χ1v) is 9.21. The van der Waals surface area contributed by atoms with Crippen LogP contribution in [-0.4, -0.2) is 16.4 Å². The van der Waals surface area contributed by atoms with Crippen LogP contribution in [0.4, 0.5) is 0 Å². The third-order valence-corrected chi connectivity index (χ3v) is 2.45. The van der Waals surface area contributed by atoms with Crippen LogP contribution in [0.5, 0.6) is 0 Å². The van der Waals surface area contributed by atoms with Gasteiger partial charge < -0.3 is 3.79 Å². The lowest BCUT2D eigenvalue weighted by atomic mass is 10.2. The molecular weight excluding hydrogens is 251 g/mol. The average Bonchev–Trinajstić information content (AvgIpc) is 1.21. The zero-order chi connectivity index (χ0) is 6.78. The molecule has 4 heteroatoms. The minimum absolute atomic E-state index is 0.0100. The van der Waals surface area contributed by atoms with Crippen LogP contribution in [0.25, 0.3) is 0 Å². The first-order valence-electron chi connectivity index (χ1n) is 2.38. The number of hydrogen-bond donors (Lipinski definition) is 0. The number of halogens is 2. The molecule has 0 radical (unpaired) electrons. The minimum atomic E-state index is -1.17. The first-order chi connectivity index (χ1) is 3.42. The Morgan fingerprint density at radius 2 is 1.62 bits per heavy atom. The Kier molecular flexibility index (Phi) is 4.23. The Bertz CT molecular complexity index is 68.9. The maximum absolute atomic E-state index is 5.41. The highest BCUT2D eigenvalue weighted by atomic mass is 79.9. The van der Waals surface area contributed by atoms with E-state index in [1.165, 1.54) is 0 Å². The lowest BCUT2D eigenvalue weighted by Crippen LogP contribution is -2.23. The quantitative estimate of drug-likeness (QED) is 0.658. The summed E-state index contributed by atoms with van der Waals surface area (Å²) >= 11 is 6.69. The Balaban J connectivity index is 3.39. The van der Waals surface area contributed by atoms with Crippen molar-refractivity contribution in [2.45, 2.75) is 26.4 Å². The highest BCUT2D eigenvalue weighted by Gasteiger charge is 2.20. The van der Waals surface area contributed by atoms with Crippen LogP contribution in [0.3, 0.4) is 0 Å². The number of hydrogen-bond acceptors (Lipinski definition) is 1. The van der Waals surface area contributed by atoms with E-state index in [0.717, 1.165) is 0 Å². The van der Waals surface area contributed by atoms with Crippen molar-refractivity contribution >= 4 is 38.9 Å². The van der Waals surface area contributed by atoms with Gasteiger partial charge in [0.1, 0.15) is 0 Å². The van der Waals surface area contributed by atoms with Crippen LogP contribution in [0.2, 0.25) is 0 Å². The van der Waals surface area contributed by atoms with Crippen molar-refractivity contribution in [3.63, 3.8) is 0 Å². The molecule has 0 heterocycles. The van der Waals surface area contributed by atoms with Crippen LogP contribution < -0.4 is 0 Å². The van der Waals surface area contributed by atoms with E-state index in [1.807, 2.05) is 20.8 Å². The van der Waals surface area contributed by atoms with Gasteiger partial charge in [-0.15, -0.1) is 0 Å². The number of rotatable bonds is 1. The average molecular weight is 260 g/mol. The van der Waals surface area contributed by atoms with Crippen molar-refractivity contribution in [3.8, 4) is 0 Å². The third kappa shape index (κ3) is 7.45. The van der Waals surface area contributed by atoms with E-state index in [9.17, 15) is 0 Å². The summed E-state index contributed by atoms with van der Waals surface area (Å²) in [6.07, 6.45) is 0. The lowest BCUT2D eigenvalue weighted by Gasteiger charge is -2.20. The van der Waals surface area contributed by atoms with Gasteiger partial charge in [-0.1, -0.05) is 0 Å². The van der Waals surface area contributed by atoms with Crippen LogP contribution in [0.1, 0.15) is 20.8 Å². The fraction of sp³-hybridized carbons (Fsp3) is 1.00. The summed E-state index contributed by atoms with van der Waals surface area (Å²) in [6.45, 7) is 6.11. The Morgan fingerprint density at radius 3 is 1.62 bits per heavy atom. The van der Waals surface area contributed by atoms with E-state index < -0.39 is 10.8 Å². The molecule has 0 atom stereocenters. The summed E-state index contributed by atoms with van der Waals surface area (Å²) in [5.74, 6) is 0. The van der Waals surface area contributed by atoms with E-state index >= 15 is 0 Å². The second-order valence-electron chi connectivity index (χ2n) is 2.49. The van der Waals surface area contributed by atoms with Gasteiger partial charge in [0.15, 0.2) is 0 Å². The van der Waals surface area contributed by atoms with Crippen LogP contribution >= 0.6 is 28.1 Å². The molecule has 0 aromatic rings. The topological polar surface area (TPSA) is 9.23 Å². The molecule has 0 N–H and O–H groups in total. The molecule has 0 aromatic carbocycles. The molecule has 0 saturated heterocycles. The molecular formula is C4H9AlBr2O. The van der Waals surface area contributed by atoms with Crippen molar-refractivity contribution in [2.24, 2.45) is 0 Å². The van der Waals surface area contributed by atoms with Crippen LogP contribution in [0.15, 0.2) is 0 Å². The van der Waals surface area contributed by atoms with Gasteiger partial charge in [-0.3, -0.25) is 0 Å². The molecule has 0 fully saturated rings. The van der Waals surface area contributed by atoms with Crippen molar-refractivity contribution in [2.75, 3.05) is 0 Å². The van der Waals surface area contributed by atoms with Crippen LogP contribution in [0, 0.1) is 0 Å². The van der Waals surface area contributed by atoms with E-state index in [2.05, 4.69) is 28.1 Å². The van der Waals surface area contributed by atoms with E-state index in [-0.39, 0.29) is 5.60 Å². The maximum Gasteiger partial charge on any atom is 0.653 e. The SMILES string of the molecule is CC(C)(C)[O][Al]([Br])[Br]. The monoisotopic (exact) mass is 258 g/mol. The molecule has 0 aliphatic heterocycles. The van der Waals surface area contributed by atoms with Crippen molar-refractivity contribution < 1.29 is 3.79 Å². The van der Waals surface area contributed by atoms with E-state index in [1.54, 1.807) is 0 Å². The summed E-state index contributed by atoms with van der Waals surface area (Å²) in [7, 11) is -1.17. The van der Waals surface area contributed by atoms with Gasteiger partial charge in [-0.05, 0) is 20.8 Å². The summed E-state index contributed by atoms with van der Waals surface area (Å²) in [5, 5.41) is 0. The molecule has 48 valence electrons. The Labute approximate surface area is 68.8 Å². The zero-order valence-electron chi connectivity index (χ0n) is 5.24. The smallest absolute Gasteiger partial charge is 0.480 e. The molecule has 0 unspecified atom stereocenters. The summed E-state index contributed by atoms with van der Waals surface area (Å²) in [4.78, 5) is 0. The molecule has 0 aliphatic rings. The fourth-order valence-electron chi connectivity index (χ4n) is 0.267. The van der Waals surface area contributed by atoms with Crippen molar-refractivity contribution in [3.05, 3.63) is 0 Å². The summed E-state index contributed by atoms with van der Waals surface area (Å²) < 4.78 is 5.41. The fourth-order valence-corrected chi connectivity index (χ4v) is 4.17. The summed E-state index contributed by atoms with van der Waals surface area (Å²) in [5.41, 5.74) is -0.0100. The Hall–Kier alpha value is 1.45. The normalized spacial score (nSPS) is 11.6. The predicted molar refractivity (Wildman–Crippen MR) is 44.4 cm³/mol. The highest BCUT2D eigenvalue weighted by Crippen LogP contribution is 2.15.